The van der Waals surface area contributed by atoms with Gasteiger partial charge < -0.3 is 9.30 Å². The Morgan fingerprint density at radius 3 is 2.76 bits per heavy atom. The standard InChI is InChI=1S/C17H24BrN3/c1-13(2)12-21(14-7-3-4-8-14)17-15(11-18)20-10-6-5-9-16(20)19-17/h5-6,9-10,13-14H,3-4,7-8,11-12H2,1-2H3. The second kappa shape index (κ2) is 6.39. The van der Waals surface area contributed by atoms with Crippen molar-refractivity contribution in [3.8, 4) is 0 Å². The maximum absolute atomic E-state index is 4.94. The highest BCUT2D eigenvalue weighted by molar-refractivity contribution is 9.08. The van der Waals surface area contributed by atoms with Gasteiger partial charge in [0.1, 0.15) is 5.65 Å². The normalized spacial score (nSPS) is 16.2. The topological polar surface area (TPSA) is 20.5 Å². The van der Waals surface area contributed by atoms with Crippen LogP contribution >= 0.6 is 15.9 Å². The molecule has 0 saturated heterocycles. The zero-order chi connectivity index (χ0) is 14.8. The Balaban J connectivity index is 2.05. The first-order valence-corrected chi connectivity index (χ1v) is 9.11. The fourth-order valence-electron chi connectivity index (χ4n) is 3.41. The van der Waals surface area contributed by atoms with Crippen LogP contribution < -0.4 is 4.90 Å². The van der Waals surface area contributed by atoms with Gasteiger partial charge >= 0.3 is 0 Å². The van der Waals surface area contributed by atoms with Crippen LogP contribution in [0.1, 0.15) is 45.2 Å². The van der Waals surface area contributed by atoms with Crippen molar-refractivity contribution in [2.24, 2.45) is 5.92 Å². The van der Waals surface area contributed by atoms with Crippen molar-refractivity contribution in [2.45, 2.75) is 50.9 Å². The summed E-state index contributed by atoms with van der Waals surface area (Å²) in [4.78, 5) is 7.51. The maximum Gasteiger partial charge on any atom is 0.152 e. The predicted molar refractivity (Wildman–Crippen MR) is 92.3 cm³/mol. The van der Waals surface area contributed by atoms with E-state index in [0.717, 1.165) is 17.5 Å². The highest BCUT2D eigenvalue weighted by Crippen LogP contribution is 2.32. The van der Waals surface area contributed by atoms with Crippen LogP contribution in [0.3, 0.4) is 0 Å². The fraction of sp³-hybridized carbons (Fsp3) is 0.588. The Hall–Kier alpha value is -1.03. The van der Waals surface area contributed by atoms with Crippen LogP contribution in [-0.4, -0.2) is 22.0 Å². The van der Waals surface area contributed by atoms with Gasteiger partial charge in [-0.25, -0.2) is 4.98 Å². The molecule has 3 nitrogen and oxygen atoms in total. The molecule has 1 fully saturated rings. The van der Waals surface area contributed by atoms with E-state index in [2.05, 4.69) is 63.5 Å². The summed E-state index contributed by atoms with van der Waals surface area (Å²) in [6, 6.07) is 6.90. The smallest absolute Gasteiger partial charge is 0.152 e. The first-order chi connectivity index (χ1) is 10.2. The van der Waals surface area contributed by atoms with Crippen LogP contribution in [0.15, 0.2) is 24.4 Å². The Bertz CT molecular complexity index is 599. The van der Waals surface area contributed by atoms with Gasteiger partial charge in [-0.05, 0) is 30.9 Å². The fourth-order valence-corrected chi connectivity index (χ4v) is 3.93. The molecule has 2 heterocycles. The van der Waals surface area contributed by atoms with Crippen LogP contribution in [0.4, 0.5) is 5.82 Å². The van der Waals surface area contributed by atoms with Crippen molar-refractivity contribution in [2.75, 3.05) is 11.4 Å². The maximum atomic E-state index is 4.94. The van der Waals surface area contributed by atoms with Crippen LogP contribution in [0.2, 0.25) is 0 Å². The molecule has 2 aromatic rings. The number of hydrogen-bond donors (Lipinski definition) is 0. The summed E-state index contributed by atoms with van der Waals surface area (Å²) in [6.45, 7) is 5.69. The van der Waals surface area contributed by atoms with E-state index in [0.29, 0.717) is 12.0 Å². The van der Waals surface area contributed by atoms with Gasteiger partial charge in [0.25, 0.3) is 0 Å². The summed E-state index contributed by atoms with van der Waals surface area (Å²) in [6.07, 6.45) is 7.45. The third-order valence-electron chi connectivity index (χ3n) is 4.33. The summed E-state index contributed by atoms with van der Waals surface area (Å²) in [7, 11) is 0. The minimum Gasteiger partial charge on any atom is -0.352 e. The number of halogens is 1. The number of imidazole rings is 1. The third kappa shape index (κ3) is 2.96. The van der Waals surface area contributed by atoms with Crippen LogP contribution in [0, 0.1) is 5.92 Å². The van der Waals surface area contributed by atoms with Crippen molar-refractivity contribution in [3.63, 3.8) is 0 Å². The van der Waals surface area contributed by atoms with Gasteiger partial charge in [0.15, 0.2) is 5.82 Å². The van der Waals surface area contributed by atoms with Gasteiger partial charge in [0, 0.05) is 24.1 Å². The largest absolute Gasteiger partial charge is 0.352 e. The van der Waals surface area contributed by atoms with Crippen molar-refractivity contribution in [1.82, 2.24) is 9.38 Å². The number of rotatable bonds is 5. The highest BCUT2D eigenvalue weighted by atomic mass is 79.9. The lowest BCUT2D eigenvalue weighted by molar-refractivity contribution is 0.531. The average molecular weight is 350 g/mol. The Morgan fingerprint density at radius 1 is 1.33 bits per heavy atom. The molecule has 1 aliphatic carbocycles. The quantitative estimate of drug-likeness (QED) is 0.733. The summed E-state index contributed by atoms with van der Waals surface area (Å²) in [5.74, 6) is 1.83. The van der Waals surface area contributed by atoms with Crippen molar-refractivity contribution in [3.05, 3.63) is 30.1 Å². The number of aromatic nitrogens is 2. The molecule has 114 valence electrons. The molecule has 21 heavy (non-hydrogen) atoms. The summed E-state index contributed by atoms with van der Waals surface area (Å²) in [5, 5.41) is 0.842. The molecule has 4 heteroatoms. The number of nitrogens with zero attached hydrogens (tertiary/aromatic N) is 3. The van der Waals surface area contributed by atoms with Crippen molar-refractivity contribution >= 4 is 27.4 Å². The lowest BCUT2D eigenvalue weighted by Crippen LogP contribution is -2.37. The van der Waals surface area contributed by atoms with E-state index in [4.69, 9.17) is 4.98 Å². The Labute approximate surface area is 135 Å². The molecule has 0 spiro atoms. The van der Waals surface area contributed by atoms with E-state index in [1.54, 1.807) is 0 Å². The van der Waals surface area contributed by atoms with Gasteiger partial charge in [0.2, 0.25) is 0 Å². The molecule has 1 aliphatic rings. The lowest BCUT2D eigenvalue weighted by atomic mass is 10.1. The lowest BCUT2D eigenvalue weighted by Gasteiger charge is -2.31. The zero-order valence-electron chi connectivity index (χ0n) is 12.9. The van der Waals surface area contributed by atoms with Gasteiger partial charge in [0.05, 0.1) is 5.69 Å². The highest BCUT2D eigenvalue weighted by Gasteiger charge is 2.27. The number of pyridine rings is 1. The Kier molecular flexibility index (Phi) is 4.53. The summed E-state index contributed by atoms with van der Waals surface area (Å²) < 4.78 is 2.21. The number of fused-ring (bicyclic) bond motifs is 1. The van der Waals surface area contributed by atoms with E-state index in [9.17, 15) is 0 Å². The molecule has 0 N–H and O–H groups in total. The van der Waals surface area contributed by atoms with E-state index in [1.807, 2.05) is 0 Å². The van der Waals surface area contributed by atoms with Crippen LogP contribution in [0.25, 0.3) is 5.65 Å². The molecule has 1 saturated carbocycles. The molecule has 2 aromatic heterocycles. The van der Waals surface area contributed by atoms with Gasteiger partial charge in [-0.1, -0.05) is 48.7 Å². The minimum atomic E-state index is 0.651. The molecule has 0 amide bonds. The second-order valence-corrected chi connectivity index (χ2v) is 6.99. The number of alkyl halides is 1. The minimum absolute atomic E-state index is 0.651. The van der Waals surface area contributed by atoms with Gasteiger partial charge in [-0.15, -0.1) is 0 Å². The summed E-state index contributed by atoms with van der Waals surface area (Å²) in [5.41, 5.74) is 2.33. The average Bonchev–Trinajstić information content (AvgIpc) is 3.11. The van der Waals surface area contributed by atoms with Gasteiger partial charge in [-0.2, -0.15) is 0 Å². The van der Waals surface area contributed by atoms with E-state index < -0.39 is 0 Å². The van der Waals surface area contributed by atoms with Crippen molar-refractivity contribution < 1.29 is 0 Å². The molecule has 3 rings (SSSR count). The van der Waals surface area contributed by atoms with Crippen LogP contribution in [0.5, 0.6) is 0 Å². The molecule has 0 radical (unpaired) electrons. The molecule has 0 bridgehead atoms. The molecular formula is C17H24BrN3. The number of hydrogen-bond acceptors (Lipinski definition) is 2. The zero-order valence-corrected chi connectivity index (χ0v) is 14.5. The van der Waals surface area contributed by atoms with Crippen molar-refractivity contribution in [1.29, 1.82) is 0 Å². The molecule has 0 aromatic carbocycles. The van der Waals surface area contributed by atoms with E-state index in [1.165, 1.54) is 37.2 Å². The van der Waals surface area contributed by atoms with Gasteiger partial charge in [-0.3, -0.25) is 0 Å². The first kappa shape index (κ1) is 14.9. The Morgan fingerprint density at radius 2 is 2.10 bits per heavy atom. The van der Waals surface area contributed by atoms with E-state index >= 15 is 0 Å². The third-order valence-corrected chi connectivity index (χ3v) is 4.86. The molecule has 0 atom stereocenters. The second-order valence-electron chi connectivity index (χ2n) is 6.43. The first-order valence-electron chi connectivity index (χ1n) is 7.99. The molecular weight excluding hydrogens is 326 g/mol. The molecule has 0 aliphatic heterocycles. The van der Waals surface area contributed by atoms with Crippen LogP contribution in [-0.2, 0) is 5.33 Å². The monoisotopic (exact) mass is 349 g/mol. The molecule has 0 unspecified atom stereocenters. The number of anilines is 1. The predicted octanol–water partition coefficient (Wildman–Crippen LogP) is 4.63. The SMILES string of the molecule is CC(C)CN(c1nc2ccccn2c1CBr)C1CCCC1. The van der Waals surface area contributed by atoms with E-state index in [-0.39, 0.29) is 0 Å². The summed E-state index contributed by atoms with van der Waals surface area (Å²) >= 11 is 3.66.